The maximum Gasteiger partial charge on any atom is 0.460 e. The molecule has 0 saturated carbocycles. The van der Waals surface area contributed by atoms with Crippen molar-refractivity contribution >= 4 is 0 Å². The van der Waals surface area contributed by atoms with Gasteiger partial charge < -0.3 is 18.9 Å². The summed E-state index contributed by atoms with van der Waals surface area (Å²) in [6.45, 7) is -15.4. The van der Waals surface area contributed by atoms with Crippen LogP contribution in [0.15, 0.2) is 6.07 Å². The van der Waals surface area contributed by atoms with Crippen LogP contribution in [0.3, 0.4) is 0 Å². The van der Waals surface area contributed by atoms with Crippen LogP contribution < -0.4 is 18.9 Å². The van der Waals surface area contributed by atoms with Crippen LogP contribution in [0.5, 0.6) is 23.8 Å². The molecule has 0 radical (unpaired) electrons. The SMILES string of the molecule is Fc1c(F)c(-c2c(F)c(F)c(-c3nc(OCC(F)(F)C(F)(F)C(F)(F)C(F)(F)F)nc(OCC(F)(F)C(F)(F)C(F)(F)C(F)(F)F)n3)c(F)c2F)c(F)c(F)c1-c1nc(OCC(F)(F)C(F)(F)C(F)(F)C(F)(F)F)cc(OCC(F)(F)C(F)(F)C(F)(F)C(F)(F)F)n1. The van der Waals surface area contributed by atoms with E-state index >= 15 is 35.1 Å². The van der Waals surface area contributed by atoms with Crippen molar-refractivity contribution in [1.82, 2.24) is 24.9 Å². The number of benzene rings is 2. The highest BCUT2D eigenvalue weighted by Gasteiger charge is 2.85. The van der Waals surface area contributed by atoms with Gasteiger partial charge in [-0.2, -0.15) is 178 Å². The summed E-state index contributed by atoms with van der Waals surface area (Å²) in [6.07, 6.45) is -30.7. The molecule has 9 nitrogen and oxygen atoms in total. The molecule has 0 aliphatic rings. The Morgan fingerprint density at radius 1 is 0.228 bits per heavy atom. The molecule has 0 fully saturated rings. The normalized spacial score (nSPS) is 14.7. The monoisotopic (exact) mass is 1450 g/mol. The van der Waals surface area contributed by atoms with Crippen LogP contribution >= 0.6 is 0 Å². The fraction of sp³-hybridized carbons (Fsp3) is 0.513. The van der Waals surface area contributed by atoms with Crippen LogP contribution in [-0.4, -0.2) is 147 Å². The summed E-state index contributed by atoms with van der Waals surface area (Å²) in [5.41, 5.74) is -13.0. The van der Waals surface area contributed by atoms with E-state index in [1.54, 1.807) is 0 Å². The number of hydrogen-bond donors (Lipinski definition) is 0. The fourth-order valence-electron chi connectivity index (χ4n) is 5.97. The van der Waals surface area contributed by atoms with E-state index in [0.29, 0.717) is 0 Å². The van der Waals surface area contributed by atoms with Crippen LogP contribution in [0.1, 0.15) is 0 Å². The molecule has 53 heteroatoms. The Bertz CT molecular complexity index is 2980. The van der Waals surface area contributed by atoms with E-state index in [4.69, 9.17) is 0 Å². The van der Waals surface area contributed by atoms with Crippen molar-refractivity contribution in [3.8, 4) is 57.7 Å². The molecule has 0 N–H and O–H groups in total. The zero-order chi connectivity index (χ0) is 72.3. The number of halogens is 44. The number of nitrogens with zero attached hydrogens (tertiary/aromatic N) is 5. The van der Waals surface area contributed by atoms with Crippen LogP contribution in [0, 0.1) is 46.5 Å². The molecule has 0 aliphatic heterocycles. The Kier molecular flexibility index (Phi) is 19.5. The van der Waals surface area contributed by atoms with Crippen molar-refractivity contribution in [3.63, 3.8) is 0 Å². The van der Waals surface area contributed by atoms with Gasteiger partial charge >= 0.3 is 108 Å². The van der Waals surface area contributed by atoms with E-state index < -0.39 is 232 Å². The van der Waals surface area contributed by atoms with Gasteiger partial charge in [-0.3, -0.25) is 0 Å². The number of rotatable bonds is 23. The van der Waals surface area contributed by atoms with Crippen molar-refractivity contribution in [1.29, 1.82) is 0 Å². The van der Waals surface area contributed by atoms with E-state index in [2.05, 4.69) is 43.9 Å². The van der Waals surface area contributed by atoms with Gasteiger partial charge in [0, 0.05) is 0 Å². The third-order valence-electron chi connectivity index (χ3n) is 10.9. The Labute approximate surface area is 470 Å². The maximum absolute atomic E-state index is 15.8. The molecule has 4 rings (SSSR count). The number of alkyl halides is 36. The van der Waals surface area contributed by atoms with Gasteiger partial charge in [0.2, 0.25) is 11.8 Å². The molecule has 0 aliphatic carbocycles. The highest BCUT2D eigenvalue weighted by atomic mass is 19.5. The zero-order valence-electron chi connectivity index (χ0n) is 40.9. The molecular weight excluding hydrogens is 1440 g/mol. The molecule has 0 amide bonds. The van der Waals surface area contributed by atoms with Gasteiger partial charge in [-0.05, 0) is 0 Å². The van der Waals surface area contributed by atoms with Gasteiger partial charge in [0.15, 0.2) is 84.6 Å². The highest BCUT2D eigenvalue weighted by Crippen LogP contribution is 2.58. The predicted octanol–water partition coefficient (Wildman–Crippen LogP) is 16.2. The summed E-state index contributed by atoms with van der Waals surface area (Å²) >= 11 is 0. The topological polar surface area (TPSA) is 101 Å². The maximum atomic E-state index is 15.8. The lowest BCUT2D eigenvalue weighted by molar-refractivity contribution is -0.398. The first-order valence-corrected chi connectivity index (χ1v) is 21.3. The van der Waals surface area contributed by atoms with E-state index in [1.807, 2.05) is 0 Å². The van der Waals surface area contributed by atoms with Crippen LogP contribution in [0.25, 0.3) is 33.9 Å². The van der Waals surface area contributed by atoms with Gasteiger partial charge in [0.05, 0.1) is 28.3 Å². The molecular formula is C39H9F44N5O4. The van der Waals surface area contributed by atoms with E-state index in [1.165, 1.54) is 0 Å². The van der Waals surface area contributed by atoms with Crippen molar-refractivity contribution in [3.05, 3.63) is 52.6 Å². The molecule has 2 aromatic carbocycles. The van der Waals surface area contributed by atoms with E-state index in [0.717, 1.165) is 0 Å². The van der Waals surface area contributed by atoms with Crippen LogP contribution in [0.2, 0.25) is 0 Å². The average molecular weight is 1450 g/mol. The summed E-state index contributed by atoms with van der Waals surface area (Å²) in [7, 11) is 0. The summed E-state index contributed by atoms with van der Waals surface area (Å²) in [4.78, 5) is 11.4. The third-order valence-corrected chi connectivity index (χ3v) is 10.9. The number of hydrogen-bond acceptors (Lipinski definition) is 9. The number of ether oxygens (including phenoxy) is 4. The minimum absolute atomic E-state index is 0.928. The first-order chi connectivity index (χ1) is 40.6. The summed E-state index contributed by atoms with van der Waals surface area (Å²) < 4.78 is 625. The Morgan fingerprint density at radius 2 is 0.413 bits per heavy atom. The van der Waals surface area contributed by atoms with Gasteiger partial charge in [0.25, 0.3) is 0 Å². The summed E-state index contributed by atoms with van der Waals surface area (Å²) in [5.74, 6) is -132. The third kappa shape index (κ3) is 12.7. The molecule has 92 heavy (non-hydrogen) atoms. The van der Waals surface area contributed by atoms with Crippen molar-refractivity contribution in [2.45, 2.75) is 95.8 Å². The van der Waals surface area contributed by atoms with Gasteiger partial charge in [-0.15, -0.1) is 4.98 Å². The molecule has 0 spiro atoms. The Balaban J connectivity index is 2.02. The van der Waals surface area contributed by atoms with Crippen molar-refractivity contribution in [2.75, 3.05) is 26.4 Å². The molecule has 0 atom stereocenters. The summed E-state index contributed by atoms with van der Waals surface area (Å²) in [5, 5.41) is 0. The Hall–Kier alpha value is -7.35. The van der Waals surface area contributed by atoms with Gasteiger partial charge in [-0.1, -0.05) is 0 Å². The first-order valence-electron chi connectivity index (χ1n) is 21.3. The van der Waals surface area contributed by atoms with E-state index in [9.17, 15) is 158 Å². The lowest BCUT2D eigenvalue weighted by Gasteiger charge is -2.33. The molecule has 0 unspecified atom stereocenters. The highest BCUT2D eigenvalue weighted by molar-refractivity contribution is 5.75. The second kappa shape index (κ2) is 23.3. The first kappa shape index (κ1) is 77.1. The minimum Gasteiger partial charge on any atom is -0.471 e. The van der Waals surface area contributed by atoms with Crippen LogP contribution in [-0.2, 0) is 0 Å². The van der Waals surface area contributed by atoms with Gasteiger partial charge in [-0.25, -0.2) is 35.1 Å². The Morgan fingerprint density at radius 3 is 0.620 bits per heavy atom. The predicted molar refractivity (Wildman–Crippen MR) is 197 cm³/mol. The molecule has 2 heterocycles. The lowest BCUT2D eigenvalue weighted by Crippen LogP contribution is -2.62. The molecule has 0 bridgehead atoms. The zero-order valence-corrected chi connectivity index (χ0v) is 40.9. The average Bonchev–Trinajstić information content (AvgIpc) is 0.821. The second-order valence-corrected chi connectivity index (χ2v) is 17.2. The number of aromatic nitrogens is 5. The second-order valence-electron chi connectivity index (χ2n) is 17.2. The lowest BCUT2D eigenvalue weighted by atomic mass is 9.97. The smallest absolute Gasteiger partial charge is 0.460 e. The largest absolute Gasteiger partial charge is 0.471 e. The summed E-state index contributed by atoms with van der Waals surface area (Å²) in [6, 6.07) is -6.76. The quantitative estimate of drug-likeness (QED) is 0.0531. The van der Waals surface area contributed by atoms with Crippen LogP contribution in [0.4, 0.5) is 193 Å². The van der Waals surface area contributed by atoms with Gasteiger partial charge in [0.1, 0.15) is 0 Å². The van der Waals surface area contributed by atoms with E-state index in [-0.39, 0.29) is 0 Å². The fourth-order valence-corrected chi connectivity index (χ4v) is 5.97. The van der Waals surface area contributed by atoms with Crippen molar-refractivity contribution in [2.24, 2.45) is 0 Å². The van der Waals surface area contributed by atoms with Crippen molar-refractivity contribution < 1.29 is 212 Å². The molecule has 0 saturated heterocycles. The minimum atomic E-state index is -7.89. The molecule has 2 aromatic heterocycles. The standard InChI is InChI=1S/C39H9F44N5O4/c40-12-8(13(41)17(45)10(16(12)44)20-84-6(89-2-24(48,49)28(56,57)32(64,65)36(72,73)74)1-7(85-20)90-3-25(50,51)29(58,59)33(66,67)37(75,76)77)9-14(42)18(46)11(19(47)15(9)43)21-86-22(91-4-26(52,53)30(60,61)34(68,69)38(78,79)80)88-23(87-21)92-5-27(54,55)31(62,63)35(70,71)39(81,82)83/h1H,2-5H2. The molecule has 522 valence electrons. The molecule has 4 aromatic rings.